The Labute approximate surface area is 150 Å². The molecule has 5 nitrogen and oxygen atoms in total. The van der Waals surface area contributed by atoms with Crippen LogP contribution in [-0.2, 0) is 10.5 Å². The largest absolute Gasteiger partial charge is 0.496 e. The van der Waals surface area contributed by atoms with E-state index in [2.05, 4.69) is 0 Å². The smallest absolute Gasteiger partial charge is 0.265 e. The Morgan fingerprint density at radius 2 is 1.65 bits per heavy atom. The molecule has 3 aromatic rings. The van der Waals surface area contributed by atoms with Gasteiger partial charge in [-0.1, -0.05) is 30.3 Å². The summed E-state index contributed by atoms with van der Waals surface area (Å²) < 4.78 is 17.2. The van der Waals surface area contributed by atoms with Gasteiger partial charge in [-0.2, -0.15) is 0 Å². The molecule has 0 aliphatic carbocycles. The molecular weight excluding hydrogens is 330 g/mol. The number of amides is 1. The molecule has 0 radical (unpaired) electrons. The average molecular weight is 347 g/mol. The topological polar surface area (TPSA) is 48.0 Å². The number of nitrogens with zero attached hydrogens (tertiary/aromatic N) is 1. The summed E-state index contributed by atoms with van der Waals surface area (Å²) in [6.07, 6.45) is 0. The molecule has 0 N–H and O–H groups in total. The van der Waals surface area contributed by atoms with Gasteiger partial charge >= 0.3 is 0 Å². The molecule has 0 fully saturated rings. The lowest BCUT2D eigenvalue weighted by molar-refractivity contribution is 0.0288. The highest BCUT2D eigenvalue weighted by atomic mass is 16.5. The number of hydrogen-bond acceptors (Lipinski definition) is 4. The first kappa shape index (κ1) is 15.2. The number of carbonyl (C=O) groups excluding carboxylic acids is 1. The van der Waals surface area contributed by atoms with Crippen LogP contribution in [0.4, 0.5) is 5.69 Å². The van der Waals surface area contributed by atoms with E-state index in [9.17, 15) is 4.79 Å². The van der Waals surface area contributed by atoms with Crippen LogP contribution in [0.5, 0.6) is 11.5 Å². The van der Waals surface area contributed by atoms with Crippen molar-refractivity contribution in [3.8, 4) is 11.5 Å². The molecule has 0 spiro atoms. The van der Waals surface area contributed by atoms with Crippen LogP contribution in [-0.4, -0.2) is 27.2 Å². The number of methoxy groups -OCH3 is 3. The quantitative estimate of drug-likeness (QED) is 0.725. The normalized spacial score (nSPS) is 19.7. The molecule has 1 amide bonds. The molecule has 2 heterocycles. The summed E-state index contributed by atoms with van der Waals surface area (Å²) >= 11 is 0. The van der Waals surface area contributed by atoms with Crippen LogP contribution in [0.15, 0.2) is 48.5 Å². The van der Waals surface area contributed by atoms with Gasteiger partial charge in [-0.15, -0.1) is 0 Å². The number of hydrogen-bond donors (Lipinski definition) is 0. The lowest BCUT2D eigenvalue weighted by Crippen LogP contribution is -2.43. The van der Waals surface area contributed by atoms with Crippen molar-refractivity contribution < 1.29 is 19.0 Å². The van der Waals surface area contributed by atoms with Gasteiger partial charge in [0.05, 0.1) is 31.0 Å². The van der Waals surface area contributed by atoms with Crippen molar-refractivity contribution in [3.05, 3.63) is 65.2 Å². The number of anilines is 1. The highest BCUT2D eigenvalue weighted by Gasteiger charge is 2.59. The molecule has 0 aromatic heterocycles. The zero-order valence-corrected chi connectivity index (χ0v) is 14.7. The van der Waals surface area contributed by atoms with E-state index in [1.165, 1.54) is 0 Å². The number of benzene rings is 3. The van der Waals surface area contributed by atoms with Crippen LogP contribution in [0.3, 0.4) is 0 Å². The van der Waals surface area contributed by atoms with Crippen LogP contribution in [0, 0.1) is 0 Å². The average Bonchev–Trinajstić information content (AvgIpc) is 3.13. The minimum Gasteiger partial charge on any atom is -0.496 e. The fraction of sp³-hybridized carbons (Fsp3) is 0.190. The first-order valence-electron chi connectivity index (χ1n) is 8.36. The van der Waals surface area contributed by atoms with E-state index in [0.717, 1.165) is 27.6 Å². The SMILES string of the molecule is COc1cccc2c1C(=O)N1c3cccc4ccc(OC)c(c34)C21OC. The maximum Gasteiger partial charge on any atom is 0.265 e. The van der Waals surface area contributed by atoms with Gasteiger partial charge in [-0.25, -0.2) is 0 Å². The predicted octanol–water partition coefficient (Wildman–Crippen LogP) is 3.68. The van der Waals surface area contributed by atoms with Crippen molar-refractivity contribution in [2.75, 3.05) is 26.2 Å². The molecular formula is C21H17NO4. The van der Waals surface area contributed by atoms with Crippen LogP contribution >= 0.6 is 0 Å². The number of rotatable bonds is 3. The Morgan fingerprint density at radius 1 is 0.885 bits per heavy atom. The van der Waals surface area contributed by atoms with Crippen molar-refractivity contribution in [1.29, 1.82) is 0 Å². The Kier molecular flexibility index (Phi) is 2.92. The highest BCUT2D eigenvalue weighted by molar-refractivity contribution is 6.21. The van der Waals surface area contributed by atoms with E-state index in [4.69, 9.17) is 14.2 Å². The minimum atomic E-state index is -1.06. The second kappa shape index (κ2) is 4.99. The summed E-state index contributed by atoms with van der Waals surface area (Å²) in [5.41, 5.74) is 1.92. The molecule has 2 aliphatic rings. The van der Waals surface area contributed by atoms with Gasteiger partial charge in [0.1, 0.15) is 11.5 Å². The molecule has 5 heteroatoms. The lowest BCUT2D eigenvalue weighted by Gasteiger charge is -2.33. The molecule has 1 unspecified atom stereocenters. The zero-order chi connectivity index (χ0) is 18.1. The van der Waals surface area contributed by atoms with Crippen molar-refractivity contribution >= 4 is 22.4 Å². The number of fused-ring (bicyclic) bond motifs is 5. The third kappa shape index (κ3) is 1.48. The summed E-state index contributed by atoms with van der Waals surface area (Å²) in [7, 11) is 4.83. The fourth-order valence-electron chi connectivity index (χ4n) is 4.44. The van der Waals surface area contributed by atoms with Crippen molar-refractivity contribution in [2.45, 2.75) is 5.72 Å². The lowest BCUT2D eigenvalue weighted by atomic mass is 9.91. The van der Waals surface area contributed by atoms with E-state index in [1.807, 2.05) is 42.5 Å². The Bertz CT molecular complexity index is 1090. The van der Waals surface area contributed by atoms with Crippen LogP contribution in [0.25, 0.3) is 10.8 Å². The van der Waals surface area contributed by atoms with Crippen molar-refractivity contribution in [2.24, 2.45) is 0 Å². The maximum absolute atomic E-state index is 13.5. The second-order valence-electron chi connectivity index (χ2n) is 6.39. The summed E-state index contributed by atoms with van der Waals surface area (Å²) in [4.78, 5) is 15.2. The van der Waals surface area contributed by atoms with Crippen molar-refractivity contribution in [3.63, 3.8) is 0 Å². The monoisotopic (exact) mass is 347 g/mol. The molecule has 0 bridgehead atoms. The van der Waals surface area contributed by atoms with Gasteiger partial charge in [-0.3, -0.25) is 9.69 Å². The van der Waals surface area contributed by atoms with E-state index >= 15 is 0 Å². The molecule has 0 saturated carbocycles. The minimum absolute atomic E-state index is 0.134. The molecule has 26 heavy (non-hydrogen) atoms. The van der Waals surface area contributed by atoms with E-state index in [1.54, 1.807) is 32.3 Å². The first-order valence-corrected chi connectivity index (χ1v) is 8.36. The maximum atomic E-state index is 13.5. The first-order chi connectivity index (χ1) is 12.7. The number of ether oxygens (including phenoxy) is 3. The molecule has 130 valence electrons. The molecule has 3 aromatic carbocycles. The Morgan fingerprint density at radius 3 is 2.38 bits per heavy atom. The molecule has 0 saturated heterocycles. The summed E-state index contributed by atoms with van der Waals surface area (Å²) in [5.74, 6) is 1.10. The van der Waals surface area contributed by atoms with Gasteiger partial charge in [0.15, 0.2) is 0 Å². The molecule has 5 rings (SSSR count). The zero-order valence-electron chi connectivity index (χ0n) is 14.7. The Balaban J connectivity index is 1.98. The van der Waals surface area contributed by atoms with E-state index < -0.39 is 5.72 Å². The summed E-state index contributed by atoms with van der Waals surface area (Å²) in [5, 5.41) is 2.02. The summed E-state index contributed by atoms with van der Waals surface area (Å²) in [6.45, 7) is 0. The summed E-state index contributed by atoms with van der Waals surface area (Å²) in [6, 6.07) is 15.5. The van der Waals surface area contributed by atoms with Crippen LogP contribution < -0.4 is 14.4 Å². The fourth-order valence-corrected chi connectivity index (χ4v) is 4.44. The van der Waals surface area contributed by atoms with Gasteiger partial charge in [0.25, 0.3) is 5.91 Å². The van der Waals surface area contributed by atoms with E-state index in [0.29, 0.717) is 17.1 Å². The highest BCUT2D eigenvalue weighted by Crippen LogP contribution is 2.59. The van der Waals surface area contributed by atoms with Gasteiger partial charge in [0, 0.05) is 18.1 Å². The standard InChI is InChI=1S/C21H17NO4/c1-24-15-9-5-7-13-18(15)20(23)22-14-8-4-6-12-10-11-16(25-2)19(17(12)14)21(13,22)26-3/h4-11H,1-3H3. The second-order valence-corrected chi connectivity index (χ2v) is 6.39. The van der Waals surface area contributed by atoms with Gasteiger partial charge in [0.2, 0.25) is 5.72 Å². The van der Waals surface area contributed by atoms with Gasteiger partial charge in [-0.05, 0) is 23.6 Å². The third-order valence-corrected chi connectivity index (χ3v) is 5.42. The molecule has 1 atom stereocenters. The van der Waals surface area contributed by atoms with Crippen LogP contribution in [0.2, 0.25) is 0 Å². The van der Waals surface area contributed by atoms with Gasteiger partial charge < -0.3 is 14.2 Å². The van der Waals surface area contributed by atoms with E-state index in [-0.39, 0.29) is 5.91 Å². The number of carbonyl (C=O) groups is 1. The molecule has 2 aliphatic heterocycles. The predicted molar refractivity (Wildman–Crippen MR) is 98.1 cm³/mol. The Hall–Kier alpha value is -3.05. The van der Waals surface area contributed by atoms with Crippen molar-refractivity contribution in [1.82, 2.24) is 0 Å². The van der Waals surface area contributed by atoms with Crippen LogP contribution in [0.1, 0.15) is 21.5 Å². The third-order valence-electron chi connectivity index (χ3n) is 5.42.